The van der Waals surface area contributed by atoms with Gasteiger partial charge in [-0.15, -0.1) is 0 Å². The summed E-state index contributed by atoms with van der Waals surface area (Å²) in [5.41, 5.74) is 4.98. The second kappa shape index (κ2) is 8.75. The normalized spacial score (nSPS) is 17.4. The van der Waals surface area contributed by atoms with Crippen LogP contribution in [0.3, 0.4) is 0 Å². The van der Waals surface area contributed by atoms with Crippen LogP contribution in [0.15, 0.2) is 54.6 Å². The smallest absolute Gasteiger partial charge is 0.252 e. The third-order valence-corrected chi connectivity index (χ3v) is 5.74. The molecule has 4 nitrogen and oxygen atoms in total. The quantitative estimate of drug-likeness (QED) is 0.701. The lowest BCUT2D eigenvalue weighted by atomic mass is 9.97. The molecule has 1 aliphatic rings. The lowest BCUT2D eigenvalue weighted by Crippen LogP contribution is -2.40. The first kappa shape index (κ1) is 19.6. The average molecular weight is 388 g/mol. The Balaban J connectivity index is 1.40. The Kier molecular flexibility index (Phi) is 5.91. The Morgan fingerprint density at radius 3 is 2.79 bits per heavy atom. The molecule has 0 radical (unpaired) electrons. The van der Waals surface area contributed by atoms with Gasteiger partial charge in [-0.3, -0.25) is 14.7 Å². The molecule has 1 amide bonds. The van der Waals surface area contributed by atoms with Crippen molar-refractivity contribution in [3.8, 4) is 0 Å². The van der Waals surface area contributed by atoms with E-state index in [1.165, 1.54) is 18.4 Å². The number of carbonyl (C=O) groups is 1. The van der Waals surface area contributed by atoms with Gasteiger partial charge in [-0.05, 0) is 62.9 Å². The molecule has 0 aliphatic carbocycles. The number of fused-ring (bicyclic) bond motifs is 1. The van der Waals surface area contributed by atoms with Crippen molar-refractivity contribution in [1.82, 2.24) is 15.2 Å². The second-order valence-corrected chi connectivity index (χ2v) is 8.27. The molecule has 1 unspecified atom stereocenters. The lowest BCUT2D eigenvalue weighted by molar-refractivity contribution is 0.0932. The highest BCUT2D eigenvalue weighted by Crippen LogP contribution is 2.21. The number of aromatic nitrogens is 1. The zero-order valence-electron chi connectivity index (χ0n) is 17.3. The molecule has 4 rings (SSSR count). The maximum absolute atomic E-state index is 13.0. The van der Waals surface area contributed by atoms with E-state index in [9.17, 15) is 4.79 Å². The summed E-state index contributed by atoms with van der Waals surface area (Å²) < 4.78 is 0. The van der Waals surface area contributed by atoms with Gasteiger partial charge in [-0.25, -0.2) is 0 Å². The van der Waals surface area contributed by atoms with Gasteiger partial charge < -0.3 is 5.32 Å². The fraction of sp³-hybridized carbons (Fsp3) is 0.360. The van der Waals surface area contributed by atoms with E-state index in [1.54, 1.807) is 0 Å². The number of hydrogen-bond donors (Lipinski definition) is 1. The Morgan fingerprint density at radius 1 is 1.14 bits per heavy atom. The lowest BCUT2D eigenvalue weighted by Gasteiger charge is -2.32. The van der Waals surface area contributed by atoms with Crippen molar-refractivity contribution < 1.29 is 4.79 Å². The highest BCUT2D eigenvalue weighted by atomic mass is 16.1. The van der Waals surface area contributed by atoms with Crippen LogP contribution in [0.5, 0.6) is 0 Å². The van der Waals surface area contributed by atoms with E-state index in [1.807, 2.05) is 32.0 Å². The van der Waals surface area contributed by atoms with Crippen LogP contribution in [0, 0.1) is 19.8 Å². The third kappa shape index (κ3) is 4.83. The van der Waals surface area contributed by atoms with Crippen molar-refractivity contribution in [3.05, 3.63) is 77.0 Å². The van der Waals surface area contributed by atoms with Crippen LogP contribution in [-0.2, 0) is 6.54 Å². The average Bonchev–Trinajstić information content (AvgIpc) is 2.73. The van der Waals surface area contributed by atoms with E-state index < -0.39 is 0 Å². The van der Waals surface area contributed by atoms with Crippen LogP contribution >= 0.6 is 0 Å². The van der Waals surface area contributed by atoms with Crippen LogP contribution in [0.25, 0.3) is 10.9 Å². The molecule has 1 aliphatic heterocycles. The monoisotopic (exact) mass is 387 g/mol. The fourth-order valence-electron chi connectivity index (χ4n) is 4.30. The van der Waals surface area contributed by atoms with Gasteiger partial charge in [0.05, 0.1) is 11.1 Å². The highest BCUT2D eigenvalue weighted by molar-refractivity contribution is 6.06. The predicted octanol–water partition coefficient (Wildman–Crippen LogP) is 4.49. The summed E-state index contributed by atoms with van der Waals surface area (Å²) in [6.07, 6.45) is 2.35. The summed E-state index contributed by atoms with van der Waals surface area (Å²) in [7, 11) is 0. The zero-order valence-corrected chi connectivity index (χ0v) is 17.3. The number of nitrogens with one attached hydrogen (secondary N) is 1. The zero-order chi connectivity index (χ0) is 20.2. The standard InChI is InChI=1S/C25H29N3O/c1-18-10-11-24-22(13-18)23(14-19(2)27-24)25(29)26-15-21-9-6-12-28(17-21)16-20-7-4-3-5-8-20/h3-5,7-8,10-11,13-14,21H,6,9,12,15-17H2,1-2H3,(H,26,29). The first-order valence-electron chi connectivity index (χ1n) is 10.5. The molecule has 1 saturated heterocycles. The summed E-state index contributed by atoms with van der Waals surface area (Å²) in [5, 5.41) is 4.13. The number of hydrogen-bond acceptors (Lipinski definition) is 3. The Bertz CT molecular complexity index is 1000. The molecule has 3 aromatic rings. The van der Waals surface area contributed by atoms with Crippen molar-refractivity contribution >= 4 is 16.8 Å². The largest absolute Gasteiger partial charge is 0.352 e. The van der Waals surface area contributed by atoms with Crippen LogP contribution in [0.1, 0.15) is 40.0 Å². The number of benzene rings is 2. The molecule has 150 valence electrons. The Labute approximate surface area is 173 Å². The number of pyridine rings is 1. The topological polar surface area (TPSA) is 45.2 Å². The van der Waals surface area contributed by atoms with Gasteiger partial charge >= 0.3 is 0 Å². The first-order chi connectivity index (χ1) is 14.1. The number of piperidine rings is 1. The number of likely N-dealkylation sites (tertiary alicyclic amines) is 1. The Morgan fingerprint density at radius 2 is 1.97 bits per heavy atom. The van der Waals surface area contributed by atoms with E-state index >= 15 is 0 Å². The van der Waals surface area contributed by atoms with Crippen molar-refractivity contribution in [2.45, 2.75) is 33.2 Å². The minimum absolute atomic E-state index is 0.00582. The van der Waals surface area contributed by atoms with Crippen molar-refractivity contribution in [1.29, 1.82) is 0 Å². The Hall–Kier alpha value is -2.72. The summed E-state index contributed by atoms with van der Waals surface area (Å²) >= 11 is 0. The molecule has 1 aromatic heterocycles. The van der Waals surface area contributed by atoms with Gasteiger partial charge in [0, 0.05) is 30.7 Å². The summed E-state index contributed by atoms with van der Waals surface area (Å²) in [5.74, 6) is 0.499. The SMILES string of the molecule is Cc1ccc2nc(C)cc(C(=O)NCC3CCCN(Cc4ccccc4)C3)c2c1. The number of nitrogens with zero attached hydrogens (tertiary/aromatic N) is 2. The van der Waals surface area contributed by atoms with Gasteiger partial charge in [-0.1, -0.05) is 42.0 Å². The number of aryl methyl sites for hydroxylation is 2. The van der Waals surface area contributed by atoms with Crippen LogP contribution in [0.2, 0.25) is 0 Å². The van der Waals surface area contributed by atoms with Gasteiger partial charge in [0.25, 0.3) is 5.91 Å². The van der Waals surface area contributed by atoms with Gasteiger partial charge in [-0.2, -0.15) is 0 Å². The van der Waals surface area contributed by atoms with Crippen molar-refractivity contribution in [2.75, 3.05) is 19.6 Å². The van der Waals surface area contributed by atoms with Crippen LogP contribution in [0.4, 0.5) is 0 Å². The molecule has 1 N–H and O–H groups in total. The molecule has 2 heterocycles. The molecule has 0 saturated carbocycles. The molecular weight excluding hydrogens is 358 g/mol. The maximum atomic E-state index is 13.0. The predicted molar refractivity (Wildman–Crippen MR) is 118 cm³/mol. The molecule has 0 bridgehead atoms. The molecule has 0 spiro atoms. The summed E-state index contributed by atoms with van der Waals surface area (Å²) in [4.78, 5) is 20.1. The maximum Gasteiger partial charge on any atom is 0.252 e. The van der Waals surface area contributed by atoms with E-state index in [4.69, 9.17) is 0 Å². The summed E-state index contributed by atoms with van der Waals surface area (Å²) in [6, 6.07) is 18.6. The minimum atomic E-state index is 0.00582. The number of rotatable bonds is 5. The number of amides is 1. The second-order valence-electron chi connectivity index (χ2n) is 8.27. The van der Waals surface area contributed by atoms with Gasteiger partial charge in [0.2, 0.25) is 0 Å². The molecule has 1 fully saturated rings. The molecular formula is C25H29N3O. The molecule has 4 heteroatoms. The van der Waals surface area contributed by atoms with Crippen LogP contribution < -0.4 is 5.32 Å². The van der Waals surface area contributed by atoms with E-state index in [-0.39, 0.29) is 5.91 Å². The van der Waals surface area contributed by atoms with E-state index in [0.717, 1.165) is 53.9 Å². The number of carbonyl (C=O) groups excluding carboxylic acids is 1. The highest BCUT2D eigenvalue weighted by Gasteiger charge is 2.21. The third-order valence-electron chi connectivity index (χ3n) is 5.74. The first-order valence-corrected chi connectivity index (χ1v) is 10.5. The fourth-order valence-corrected chi connectivity index (χ4v) is 4.30. The van der Waals surface area contributed by atoms with E-state index in [2.05, 4.69) is 51.6 Å². The van der Waals surface area contributed by atoms with Crippen molar-refractivity contribution in [2.24, 2.45) is 5.92 Å². The molecule has 29 heavy (non-hydrogen) atoms. The van der Waals surface area contributed by atoms with Gasteiger partial charge in [0.1, 0.15) is 0 Å². The molecule has 1 atom stereocenters. The van der Waals surface area contributed by atoms with E-state index in [0.29, 0.717) is 5.92 Å². The molecule has 2 aromatic carbocycles. The van der Waals surface area contributed by atoms with Crippen LogP contribution in [-0.4, -0.2) is 35.4 Å². The summed E-state index contributed by atoms with van der Waals surface area (Å²) in [6.45, 7) is 7.86. The minimum Gasteiger partial charge on any atom is -0.352 e. The van der Waals surface area contributed by atoms with Crippen molar-refractivity contribution in [3.63, 3.8) is 0 Å². The van der Waals surface area contributed by atoms with Gasteiger partial charge in [0.15, 0.2) is 0 Å².